The lowest BCUT2D eigenvalue weighted by Gasteiger charge is -2.15. The topological polar surface area (TPSA) is 43.1 Å². The van der Waals surface area contributed by atoms with Crippen molar-refractivity contribution in [2.24, 2.45) is 5.73 Å². The highest BCUT2D eigenvalue weighted by molar-refractivity contribution is 7.85. The molecule has 112 valence electrons. The van der Waals surface area contributed by atoms with Crippen LogP contribution in [-0.2, 0) is 10.8 Å². The Hall–Kier alpha value is -0.870. The third kappa shape index (κ3) is 4.07. The SMILES string of the molecule is Cc1ccc(C(N)CS(=O)c2cc(Cl)ccc2Cl)c(C)c1. The fourth-order valence-electron chi connectivity index (χ4n) is 2.24. The van der Waals surface area contributed by atoms with Crippen LogP contribution in [-0.4, -0.2) is 9.96 Å². The second-order valence-corrected chi connectivity index (χ2v) is 7.36. The lowest BCUT2D eigenvalue weighted by atomic mass is 10.0. The van der Waals surface area contributed by atoms with E-state index in [-0.39, 0.29) is 6.04 Å². The molecule has 2 aromatic carbocycles. The highest BCUT2D eigenvalue weighted by atomic mass is 35.5. The van der Waals surface area contributed by atoms with Crippen LogP contribution in [0.4, 0.5) is 0 Å². The van der Waals surface area contributed by atoms with Crippen molar-refractivity contribution in [3.05, 3.63) is 63.1 Å². The van der Waals surface area contributed by atoms with Gasteiger partial charge in [-0.05, 0) is 43.2 Å². The van der Waals surface area contributed by atoms with Crippen molar-refractivity contribution in [1.29, 1.82) is 0 Å². The van der Waals surface area contributed by atoms with Crippen LogP contribution in [0.15, 0.2) is 41.3 Å². The Kier molecular flexibility index (Phi) is 5.44. The van der Waals surface area contributed by atoms with Gasteiger partial charge in [-0.2, -0.15) is 0 Å². The Morgan fingerprint density at radius 3 is 2.52 bits per heavy atom. The van der Waals surface area contributed by atoms with Crippen LogP contribution >= 0.6 is 23.2 Å². The molecule has 2 N–H and O–H groups in total. The summed E-state index contributed by atoms with van der Waals surface area (Å²) < 4.78 is 12.5. The smallest absolute Gasteiger partial charge is 0.0589 e. The fourth-order valence-corrected chi connectivity index (χ4v) is 4.08. The van der Waals surface area contributed by atoms with E-state index in [0.29, 0.717) is 20.7 Å². The van der Waals surface area contributed by atoms with Crippen LogP contribution in [0, 0.1) is 13.8 Å². The Balaban J connectivity index is 2.20. The van der Waals surface area contributed by atoms with Crippen molar-refractivity contribution < 1.29 is 4.21 Å². The summed E-state index contributed by atoms with van der Waals surface area (Å²) in [6.07, 6.45) is 0. The second-order valence-electron chi connectivity index (χ2n) is 5.05. The molecule has 0 amide bonds. The lowest BCUT2D eigenvalue weighted by molar-refractivity contribution is 0.675. The summed E-state index contributed by atoms with van der Waals surface area (Å²) in [6.45, 7) is 4.05. The van der Waals surface area contributed by atoms with Gasteiger partial charge in [-0.1, -0.05) is 47.0 Å². The maximum atomic E-state index is 12.5. The maximum Gasteiger partial charge on any atom is 0.0589 e. The van der Waals surface area contributed by atoms with Crippen LogP contribution in [0.2, 0.25) is 10.0 Å². The minimum absolute atomic E-state index is 0.304. The minimum Gasteiger partial charge on any atom is -0.323 e. The molecular formula is C16H17Cl2NOS. The monoisotopic (exact) mass is 341 g/mol. The largest absolute Gasteiger partial charge is 0.323 e. The second kappa shape index (κ2) is 6.93. The number of rotatable bonds is 4. The summed E-state index contributed by atoms with van der Waals surface area (Å²) in [5.74, 6) is 0.309. The molecule has 0 aromatic heterocycles. The molecule has 2 atom stereocenters. The Morgan fingerprint density at radius 1 is 1.14 bits per heavy atom. The van der Waals surface area contributed by atoms with Crippen molar-refractivity contribution in [2.45, 2.75) is 24.8 Å². The summed E-state index contributed by atoms with van der Waals surface area (Å²) >= 11 is 12.0. The molecule has 2 nitrogen and oxygen atoms in total. The molecule has 2 rings (SSSR count). The first kappa shape index (κ1) is 16.5. The first-order valence-electron chi connectivity index (χ1n) is 6.54. The van der Waals surface area contributed by atoms with E-state index in [1.165, 1.54) is 5.56 Å². The number of hydrogen-bond acceptors (Lipinski definition) is 2. The number of nitrogens with two attached hydrogens (primary N) is 1. The van der Waals surface area contributed by atoms with Crippen LogP contribution in [0.5, 0.6) is 0 Å². The lowest BCUT2D eigenvalue weighted by Crippen LogP contribution is -2.19. The van der Waals surface area contributed by atoms with Crippen molar-refractivity contribution in [2.75, 3.05) is 5.75 Å². The normalized spacial score (nSPS) is 14.0. The average molecular weight is 342 g/mol. The fraction of sp³-hybridized carbons (Fsp3) is 0.250. The zero-order valence-corrected chi connectivity index (χ0v) is 14.2. The Labute approximate surface area is 137 Å². The third-order valence-corrected chi connectivity index (χ3v) is 5.46. The van der Waals surface area contributed by atoms with Gasteiger partial charge in [0.25, 0.3) is 0 Å². The molecule has 0 aliphatic heterocycles. The van der Waals surface area contributed by atoms with Crippen molar-refractivity contribution >= 4 is 34.0 Å². The van der Waals surface area contributed by atoms with E-state index in [0.717, 1.165) is 11.1 Å². The van der Waals surface area contributed by atoms with Gasteiger partial charge < -0.3 is 5.73 Å². The summed E-state index contributed by atoms with van der Waals surface area (Å²) in [4.78, 5) is 0.532. The summed E-state index contributed by atoms with van der Waals surface area (Å²) in [6, 6.07) is 10.7. The van der Waals surface area contributed by atoms with Crippen molar-refractivity contribution in [1.82, 2.24) is 0 Å². The molecule has 0 saturated carbocycles. The molecule has 0 spiro atoms. The zero-order chi connectivity index (χ0) is 15.6. The molecule has 21 heavy (non-hydrogen) atoms. The van der Waals surface area contributed by atoms with E-state index in [1.54, 1.807) is 18.2 Å². The minimum atomic E-state index is -1.29. The van der Waals surface area contributed by atoms with Gasteiger partial charge in [-0.3, -0.25) is 4.21 Å². The van der Waals surface area contributed by atoms with E-state index >= 15 is 0 Å². The predicted octanol–water partition coefficient (Wildman–Crippen LogP) is 4.42. The molecule has 0 aliphatic carbocycles. The molecule has 0 heterocycles. The van der Waals surface area contributed by atoms with Gasteiger partial charge in [0.05, 0.1) is 20.7 Å². The highest BCUT2D eigenvalue weighted by Crippen LogP contribution is 2.26. The van der Waals surface area contributed by atoms with Crippen LogP contribution in [0.3, 0.4) is 0 Å². The van der Waals surface area contributed by atoms with E-state index in [4.69, 9.17) is 28.9 Å². The number of benzene rings is 2. The molecule has 0 radical (unpaired) electrons. The van der Waals surface area contributed by atoms with Gasteiger partial charge in [0.15, 0.2) is 0 Å². The van der Waals surface area contributed by atoms with Gasteiger partial charge in [0, 0.05) is 16.8 Å². The molecule has 0 saturated heterocycles. The third-order valence-electron chi connectivity index (χ3n) is 3.29. The van der Waals surface area contributed by atoms with Gasteiger partial charge in [-0.25, -0.2) is 0 Å². The summed E-state index contributed by atoms with van der Waals surface area (Å²) in [5, 5.41) is 0.966. The highest BCUT2D eigenvalue weighted by Gasteiger charge is 2.16. The van der Waals surface area contributed by atoms with E-state index in [1.807, 2.05) is 26.0 Å². The standard InChI is InChI=1S/C16H17Cl2NOS/c1-10-3-5-13(11(2)7-10)15(19)9-21(20)16-8-12(17)4-6-14(16)18/h3-8,15H,9,19H2,1-2H3. The van der Waals surface area contributed by atoms with Gasteiger partial charge in [0.1, 0.15) is 0 Å². The van der Waals surface area contributed by atoms with Crippen molar-refractivity contribution in [3.8, 4) is 0 Å². The number of hydrogen-bond donors (Lipinski definition) is 1. The molecule has 2 aromatic rings. The molecular weight excluding hydrogens is 325 g/mol. The zero-order valence-electron chi connectivity index (χ0n) is 11.9. The van der Waals surface area contributed by atoms with Gasteiger partial charge >= 0.3 is 0 Å². The van der Waals surface area contributed by atoms with E-state index in [2.05, 4.69) is 6.07 Å². The van der Waals surface area contributed by atoms with Crippen molar-refractivity contribution in [3.63, 3.8) is 0 Å². The number of halogens is 2. The van der Waals surface area contributed by atoms with E-state index < -0.39 is 10.8 Å². The van der Waals surface area contributed by atoms with Crippen LogP contribution in [0.25, 0.3) is 0 Å². The quantitative estimate of drug-likeness (QED) is 0.894. The molecule has 0 aliphatic rings. The first-order chi connectivity index (χ1) is 9.88. The summed E-state index contributed by atoms with van der Waals surface area (Å²) in [7, 11) is -1.29. The van der Waals surface area contributed by atoms with E-state index in [9.17, 15) is 4.21 Å². The van der Waals surface area contributed by atoms with Crippen LogP contribution < -0.4 is 5.73 Å². The predicted molar refractivity (Wildman–Crippen MR) is 90.6 cm³/mol. The first-order valence-corrected chi connectivity index (χ1v) is 8.62. The van der Waals surface area contributed by atoms with Crippen LogP contribution in [0.1, 0.15) is 22.7 Å². The maximum absolute atomic E-state index is 12.5. The molecule has 0 fully saturated rings. The average Bonchev–Trinajstić information content (AvgIpc) is 2.41. The van der Waals surface area contributed by atoms with Gasteiger partial charge in [-0.15, -0.1) is 0 Å². The molecule has 2 unspecified atom stereocenters. The summed E-state index contributed by atoms with van der Waals surface area (Å²) in [5.41, 5.74) is 9.50. The molecule has 5 heteroatoms. The molecule has 0 bridgehead atoms. The van der Waals surface area contributed by atoms with Gasteiger partial charge in [0.2, 0.25) is 0 Å². The number of aryl methyl sites for hydroxylation is 2. The Bertz CT molecular complexity index is 688. The Morgan fingerprint density at radius 2 is 1.86 bits per heavy atom.